The van der Waals surface area contributed by atoms with Gasteiger partial charge in [0, 0.05) is 38.1 Å². The number of nitrogens with zero attached hydrogens (tertiary/aromatic N) is 6. The van der Waals surface area contributed by atoms with E-state index in [4.69, 9.17) is 0 Å². The van der Waals surface area contributed by atoms with Crippen molar-refractivity contribution in [2.45, 2.75) is 19.6 Å². The Bertz CT molecular complexity index is 993. The molecule has 0 saturated heterocycles. The van der Waals surface area contributed by atoms with Gasteiger partial charge in [0.25, 0.3) is 5.91 Å². The normalized spacial score (nSPS) is 12.0. The Kier molecular flexibility index (Phi) is 4.51. The van der Waals surface area contributed by atoms with Gasteiger partial charge in [0.2, 0.25) is 0 Å². The molecule has 3 heterocycles. The summed E-state index contributed by atoms with van der Waals surface area (Å²) >= 11 is 3.17. The van der Waals surface area contributed by atoms with Crippen molar-refractivity contribution in [3.05, 3.63) is 45.6 Å². The average Bonchev–Trinajstić information content (AvgIpc) is 3.09. The Labute approximate surface area is 154 Å². The molecular formula is C15H14BrF3N6O. The second-order valence-electron chi connectivity index (χ2n) is 5.86. The molecule has 0 aliphatic heterocycles. The van der Waals surface area contributed by atoms with Crippen LogP contribution >= 0.6 is 15.9 Å². The van der Waals surface area contributed by atoms with E-state index in [-0.39, 0.29) is 28.1 Å². The van der Waals surface area contributed by atoms with E-state index in [0.29, 0.717) is 4.52 Å². The summed E-state index contributed by atoms with van der Waals surface area (Å²) in [5.74, 6) is -0.531. The number of amides is 1. The molecule has 26 heavy (non-hydrogen) atoms. The number of hydrogen-bond donors (Lipinski definition) is 0. The lowest BCUT2D eigenvalue weighted by atomic mass is 10.3. The lowest BCUT2D eigenvalue weighted by molar-refractivity contribution is -0.142. The average molecular weight is 431 g/mol. The lowest BCUT2D eigenvalue weighted by Crippen LogP contribution is -2.27. The molecule has 3 aromatic rings. The number of halogens is 4. The maximum atomic E-state index is 13.3. The van der Waals surface area contributed by atoms with E-state index in [1.54, 1.807) is 24.1 Å². The van der Waals surface area contributed by atoms with Crippen LogP contribution in [0.25, 0.3) is 5.65 Å². The zero-order valence-electron chi connectivity index (χ0n) is 14.0. The largest absolute Gasteiger partial charge is 0.433 e. The summed E-state index contributed by atoms with van der Waals surface area (Å²) in [6.07, 6.45) is -1.27. The quantitative estimate of drug-likeness (QED) is 0.640. The molecule has 0 aliphatic carbocycles. The Morgan fingerprint density at radius 1 is 1.38 bits per heavy atom. The fraction of sp³-hybridized carbons (Fsp3) is 0.333. The Morgan fingerprint density at radius 2 is 2.08 bits per heavy atom. The number of carbonyl (C=O) groups is 1. The van der Waals surface area contributed by atoms with Gasteiger partial charge in [-0.3, -0.25) is 9.48 Å². The summed E-state index contributed by atoms with van der Waals surface area (Å²) in [6, 6.07) is 0.889. The maximum Gasteiger partial charge on any atom is 0.433 e. The van der Waals surface area contributed by atoms with Gasteiger partial charge in [-0.15, -0.1) is 0 Å². The molecule has 0 unspecified atom stereocenters. The molecule has 11 heteroatoms. The summed E-state index contributed by atoms with van der Waals surface area (Å²) in [5, 5.41) is 7.88. The fourth-order valence-electron chi connectivity index (χ4n) is 2.53. The van der Waals surface area contributed by atoms with E-state index in [1.807, 2.05) is 0 Å². The first-order valence-corrected chi connectivity index (χ1v) is 8.23. The number of rotatable bonds is 3. The van der Waals surface area contributed by atoms with Crippen LogP contribution in [0.3, 0.4) is 0 Å². The maximum absolute atomic E-state index is 13.3. The molecule has 3 aromatic heterocycles. The number of aromatic nitrogens is 5. The van der Waals surface area contributed by atoms with E-state index in [9.17, 15) is 18.0 Å². The van der Waals surface area contributed by atoms with E-state index >= 15 is 0 Å². The highest BCUT2D eigenvalue weighted by Crippen LogP contribution is 2.32. The third-order valence-electron chi connectivity index (χ3n) is 3.68. The summed E-state index contributed by atoms with van der Waals surface area (Å²) < 4.78 is 42.2. The van der Waals surface area contributed by atoms with Crippen LogP contribution < -0.4 is 0 Å². The van der Waals surface area contributed by atoms with Crippen LogP contribution in [0.4, 0.5) is 13.2 Å². The standard InChI is InChI=1S/C15H14BrF3N6O/c1-8-4-10(15(17,18)19)25-13(21-8)11(16)12(22-25)14(26)23(2)6-9-5-20-24(3)7-9/h4-5,7H,6H2,1-3H3. The first kappa shape index (κ1) is 18.4. The van der Waals surface area contributed by atoms with Gasteiger partial charge in [0.15, 0.2) is 11.3 Å². The monoisotopic (exact) mass is 430 g/mol. The van der Waals surface area contributed by atoms with E-state index < -0.39 is 17.8 Å². The third-order valence-corrected chi connectivity index (χ3v) is 4.41. The van der Waals surface area contributed by atoms with Gasteiger partial charge in [-0.2, -0.15) is 23.4 Å². The van der Waals surface area contributed by atoms with Crippen LogP contribution in [0.2, 0.25) is 0 Å². The summed E-state index contributed by atoms with van der Waals surface area (Å²) in [7, 11) is 3.28. The summed E-state index contributed by atoms with van der Waals surface area (Å²) in [5.41, 5.74) is -0.230. The lowest BCUT2D eigenvalue weighted by Gasteiger charge is -2.14. The van der Waals surface area contributed by atoms with Crippen molar-refractivity contribution in [3.63, 3.8) is 0 Å². The fourth-order valence-corrected chi connectivity index (χ4v) is 3.04. The van der Waals surface area contributed by atoms with Gasteiger partial charge in [0.1, 0.15) is 5.69 Å². The minimum absolute atomic E-state index is 0.0598. The highest BCUT2D eigenvalue weighted by Gasteiger charge is 2.36. The van der Waals surface area contributed by atoms with Crippen LogP contribution in [0.5, 0.6) is 0 Å². The third kappa shape index (κ3) is 3.30. The molecule has 0 aliphatic rings. The van der Waals surface area contributed by atoms with Crippen LogP contribution in [-0.4, -0.2) is 42.2 Å². The Hall–Kier alpha value is -2.43. The van der Waals surface area contributed by atoms with Crippen molar-refractivity contribution in [2.75, 3.05) is 7.05 Å². The zero-order chi connectivity index (χ0) is 19.2. The Balaban J connectivity index is 2.02. The molecule has 0 aromatic carbocycles. The summed E-state index contributed by atoms with van der Waals surface area (Å²) in [4.78, 5) is 18.1. The molecule has 0 radical (unpaired) electrons. The molecular weight excluding hydrogens is 417 g/mol. The number of fused-ring (bicyclic) bond motifs is 1. The van der Waals surface area contributed by atoms with Crippen molar-refractivity contribution < 1.29 is 18.0 Å². The highest BCUT2D eigenvalue weighted by molar-refractivity contribution is 9.10. The van der Waals surface area contributed by atoms with Crippen molar-refractivity contribution >= 4 is 27.5 Å². The minimum atomic E-state index is -4.63. The van der Waals surface area contributed by atoms with Crippen molar-refractivity contribution in [3.8, 4) is 0 Å². The summed E-state index contributed by atoms with van der Waals surface area (Å²) in [6.45, 7) is 1.69. The molecule has 1 amide bonds. The Morgan fingerprint density at radius 3 is 2.65 bits per heavy atom. The van der Waals surface area contributed by atoms with Crippen molar-refractivity contribution in [1.82, 2.24) is 29.3 Å². The first-order valence-electron chi connectivity index (χ1n) is 7.44. The van der Waals surface area contributed by atoms with Crippen LogP contribution in [0.1, 0.15) is 27.4 Å². The van der Waals surface area contributed by atoms with E-state index in [1.165, 1.54) is 18.9 Å². The number of hydrogen-bond acceptors (Lipinski definition) is 4. The molecule has 138 valence electrons. The SMILES string of the molecule is Cc1cc(C(F)(F)F)n2nc(C(=O)N(C)Cc3cnn(C)c3)c(Br)c2n1. The smallest absolute Gasteiger partial charge is 0.336 e. The molecule has 0 saturated carbocycles. The van der Waals surface area contributed by atoms with E-state index in [0.717, 1.165) is 11.6 Å². The van der Waals surface area contributed by atoms with Gasteiger partial charge in [-0.1, -0.05) is 0 Å². The molecule has 0 atom stereocenters. The van der Waals surface area contributed by atoms with Crippen LogP contribution in [-0.2, 0) is 19.8 Å². The highest BCUT2D eigenvalue weighted by atomic mass is 79.9. The molecule has 0 N–H and O–H groups in total. The molecule has 0 bridgehead atoms. The van der Waals surface area contributed by atoms with Gasteiger partial charge in [-0.05, 0) is 28.9 Å². The molecule has 0 fully saturated rings. The van der Waals surface area contributed by atoms with Gasteiger partial charge < -0.3 is 4.90 Å². The van der Waals surface area contributed by atoms with Crippen molar-refractivity contribution in [1.29, 1.82) is 0 Å². The first-order chi connectivity index (χ1) is 12.1. The minimum Gasteiger partial charge on any atom is -0.336 e. The molecule has 7 nitrogen and oxygen atoms in total. The zero-order valence-corrected chi connectivity index (χ0v) is 15.6. The predicted octanol–water partition coefficient (Wildman–Crippen LogP) is 2.82. The molecule has 3 rings (SSSR count). The topological polar surface area (TPSA) is 68.3 Å². The number of alkyl halides is 3. The van der Waals surface area contributed by atoms with Crippen LogP contribution in [0, 0.1) is 6.92 Å². The number of carbonyl (C=O) groups excluding carboxylic acids is 1. The van der Waals surface area contributed by atoms with E-state index in [2.05, 4.69) is 31.1 Å². The van der Waals surface area contributed by atoms with Gasteiger partial charge >= 0.3 is 6.18 Å². The predicted molar refractivity (Wildman–Crippen MR) is 89.4 cm³/mol. The second-order valence-corrected chi connectivity index (χ2v) is 6.65. The van der Waals surface area contributed by atoms with Gasteiger partial charge in [0.05, 0.1) is 10.7 Å². The van der Waals surface area contributed by atoms with Crippen molar-refractivity contribution in [2.24, 2.45) is 7.05 Å². The molecule has 0 spiro atoms. The second kappa shape index (κ2) is 6.38. The van der Waals surface area contributed by atoms with Gasteiger partial charge in [-0.25, -0.2) is 9.50 Å². The number of aryl methyl sites for hydroxylation is 2. The van der Waals surface area contributed by atoms with Crippen LogP contribution in [0.15, 0.2) is 22.9 Å².